The zero-order valence-corrected chi connectivity index (χ0v) is 12.1. The first-order valence-corrected chi connectivity index (χ1v) is 7.71. The standard InChI is InChI=1S/C12H21NO6S/c1-2-7-18-9-10-19-8-3-4-11(14)12(5-6-13)20(15,16)17/h1,12H,3-10,13H2,(H,15,16,17). The van der Waals surface area contributed by atoms with Gasteiger partial charge in [0, 0.05) is 13.0 Å². The van der Waals surface area contributed by atoms with Gasteiger partial charge < -0.3 is 15.2 Å². The van der Waals surface area contributed by atoms with Gasteiger partial charge in [-0.15, -0.1) is 6.42 Å². The van der Waals surface area contributed by atoms with Crippen molar-refractivity contribution in [1.29, 1.82) is 0 Å². The molecule has 7 nitrogen and oxygen atoms in total. The van der Waals surface area contributed by atoms with Gasteiger partial charge in [-0.25, -0.2) is 0 Å². The van der Waals surface area contributed by atoms with E-state index in [-0.39, 0.29) is 26.0 Å². The summed E-state index contributed by atoms with van der Waals surface area (Å²) in [6.07, 6.45) is 5.27. The second-order valence-corrected chi connectivity index (χ2v) is 5.62. The Hall–Kier alpha value is -0.980. The number of carbonyl (C=O) groups excluding carboxylic acids is 1. The molecule has 0 radical (unpaired) electrons. The molecule has 1 atom stereocenters. The maximum Gasteiger partial charge on any atom is 0.275 e. The van der Waals surface area contributed by atoms with E-state index in [0.717, 1.165) is 0 Å². The van der Waals surface area contributed by atoms with Crippen molar-refractivity contribution in [2.45, 2.75) is 24.5 Å². The summed E-state index contributed by atoms with van der Waals surface area (Å²) in [5.41, 5.74) is 5.22. The molecule has 20 heavy (non-hydrogen) atoms. The van der Waals surface area contributed by atoms with Gasteiger partial charge in [0.2, 0.25) is 0 Å². The van der Waals surface area contributed by atoms with E-state index in [1.54, 1.807) is 0 Å². The van der Waals surface area contributed by atoms with Gasteiger partial charge in [0.15, 0.2) is 5.78 Å². The van der Waals surface area contributed by atoms with Crippen LogP contribution in [0.5, 0.6) is 0 Å². The van der Waals surface area contributed by atoms with Crippen molar-refractivity contribution in [2.75, 3.05) is 33.0 Å². The van der Waals surface area contributed by atoms with Crippen molar-refractivity contribution in [2.24, 2.45) is 5.73 Å². The van der Waals surface area contributed by atoms with Crippen molar-refractivity contribution in [3.05, 3.63) is 0 Å². The first kappa shape index (κ1) is 19.0. The number of terminal acetylenes is 1. The maximum atomic E-state index is 11.7. The maximum absolute atomic E-state index is 11.7. The largest absolute Gasteiger partial charge is 0.379 e. The third-order valence-electron chi connectivity index (χ3n) is 2.42. The highest BCUT2D eigenvalue weighted by atomic mass is 32.2. The van der Waals surface area contributed by atoms with Crippen molar-refractivity contribution >= 4 is 15.9 Å². The van der Waals surface area contributed by atoms with Gasteiger partial charge in [-0.3, -0.25) is 9.35 Å². The van der Waals surface area contributed by atoms with Crippen LogP contribution in [0.25, 0.3) is 0 Å². The first-order chi connectivity index (χ1) is 9.43. The summed E-state index contributed by atoms with van der Waals surface area (Å²) in [4.78, 5) is 11.7. The van der Waals surface area contributed by atoms with E-state index in [4.69, 9.17) is 26.2 Å². The van der Waals surface area contributed by atoms with E-state index >= 15 is 0 Å². The van der Waals surface area contributed by atoms with Crippen molar-refractivity contribution < 1.29 is 27.2 Å². The van der Waals surface area contributed by atoms with E-state index in [1.165, 1.54) is 0 Å². The molecule has 0 fully saturated rings. The summed E-state index contributed by atoms with van der Waals surface area (Å²) < 4.78 is 41.1. The Morgan fingerprint density at radius 3 is 2.50 bits per heavy atom. The molecule has 0 saturated carbocycles. The van der Waals surface area contributed by atoms with Gasteiger partial charge in [0.1, 0.15) is 11.9 Å². The Bertz CT molecular complexity index is 414. The summed E-state index contributed by atoms with van der Waals surface area (Å²) in [5.74, 6) is 1.76. The van der Waals surface area contributed by atoms with Crippen LogP contribution in [-0.4, -0.2) is 57.0 Å². The van der Waals surface area contributed by atoms with Crippen LogP contribution in [0.1, 0.15) is 19.3 Å². The molecular formula is C12H21NO6S. The van der Waals surface area contributed by atoms with Crippen LogP contribution in [0.2, 0.25) is 0 Å². The van der Waals surface area contributed by atoms with Crippen molar-refractivity contribution in [3.63, 3.8) is 0 Å². The van der Waals surface area contributed by atoms with Gasteiger partial charge in [0.25, 0.3) is 10.1 Å². The van der Waals surface area contributed by atoms with E-state index < -0.39 is 21.2 Å². The topological polar surface area (TPSA) is 116 Å². The van der Waals surface area contributed by atoms with Crippen LogP contribution in [0, 0.1) is 12.3 Å². The van der Waals surface area contributed by atoms with E-state index in [2.05, 4.69) is 5.92 Å². The van der Waals surface area contributed by atoms with Crippen LogP contribution in [0.4, 0.5) is 0 Å². The lowest BCUT2D eigenvalue weighted by Gasteiger charge is -2.11. The molecule has 0 aromatic heterocycles. The molecule has 1 unspecified atom stereocenters. The Kier molecular flexibility index (Phi) is 10.2. The molecule has 8 heteroatoms. The molecule has 3 N–H and O–H groups in total. The van der Waals surface area contributed by atoms with Crippen LogP contribution >= 0.6 is 0 Å². The van der Waals surface area contributed by atoms with Crippen LogP contribution < -0.4 is 5.73 Å². The zero-order chi connectivity index (χ0) is 15.4. The summed E-state index contributed by atoms with van der Waals surface area (Å²) >= 11 is 0. The predicted octanol–water partition coefficient (Wildman–Crippen LogP) is -0.393. The molecule has 116 valence electrons. The van der Waals surface area contributed by atoms with Gasteiger partial charge in [-0.1, -0.05) is 5.92 Å². The minimum absolute atomic E-state index is 0.00959. The molecular weight excluding hydrogens is 286 g/mol. The molecule has 0 aliphatic heterocycles. The minimum Gasteiger partial charge on any atom is -0.379 e. The van der Waals surface area contributed by atoms with Crippen LogP contribution in [-0.2, 0) is 24.4 Å². The third-order valence-corrected chi connectivity index (χ3v) is 3.63. The van der Waals surface area contributed by atoms with E-state index in [1.807, 2.05) is 0 Å². The van der Waals surface area contributed by atoms with E-state index in [0.29, 0.717) is 26.2 Å². The molecule has 0 aliphatic rings. The smallest absolute Gasteiger partial charge is 0.275 e. The number of hydrogen-bond acceptors (Lipinski definition) is 6. The average molecular weight is 307 g/mol. The van der Waals surface area contributed by atoms with Crippen molar-refractivity contribution in [3.8, 4) is 12.3 Å². The van der Waals surface area contributed by atoms with Crippen LogP contribution in [0.3, 0.4) is 0 Å². The summed E-state index contributed by atoms with van der Waals surface area (Å²) in [6.45, 7) is 1.24. The molecule has 0 aliphatic carbocycles. The molecule has 0 rings (SSSR count). The highest BCUT2D eigenvalue weighted by Crippen LogP contribution is 2.09. The number of rotatable bonds is 12. The Balaban J connectivity index is 3.84. The predicted molar refractivity (Wildman–Crippen MR) is 73.7 cm³/mol. The van der Waals surface area contributed by atoms with E-state index in [9.17, 15) is 13.2 Å². The lowest BCUT2D eigenvalue weighted by atomic mass is 10.1. The van der Waals surface area contributed by atoms with Crippen molar-refractivity contribution in [1.82, 2.24) is 0 Å². The molecule has 0 bridgehead atoms. The second-order valence-electron chi connectivity index (χ2n) is 4.02. The fraction of sp³-hybridized carbons (Fsp3) is 0.750. The Morgan fingerprint density at radius 2 is 1.95 bits per heavy atom. The van der Waals surface area contributed by atoms with Crippen LogP contribution in [0.15, 0.2) is 0 Å². The lowest BCUT2D eigenvalue weighted by molar-refractivity contribution is -0.119. The number of carbonyl (C=O) groups is 1. The Morgan fingerprint density at radius 1 is 1.30 bits per heavy atom. The number of Topliss-reactive ketones (excluding diaryl/α,β-unsaturated/α-hetero) is 1. The third kappa shape index (κ3) is 9.01. The fourth-order valence-electron chi connectivity index (χ4n) is 1.49. The number of ketones is 1. The zero-order valence-electron chi connectivity index (χ0n) is 11.3. The summed E-state index contributed by atoms with van der Waals surface area (Å²) in [5, 5.41) is -1.44. The second kappa shape index (κ2) is 10.8. The number of nitrogens with two attached hydrogens (primary N) is 1. The molecule has 0 heterocycles. The molecule has 0 amide bonds. The summed E-state index contributed by atoms with van der Waals surface area (Å²) in [7, 11) is -4.39. The number of hydrogen-bond donors (Lipinski definition) is 2. The van der Waals surface area contributed by atoms with Gasteiger partial charge in [-0.2, -0.15) is 8.42 Å². The van der Waals surface area contributed by atoms with Gasteiger partial charge in [0.05, 0.1) is 13.2 Å². The minimum atomic E-state index is -4.39. The monoisotopic (exact) mass is 307 g/mol. The molecule has 0 aromatic carbocycles. The first-order valence-electron chi connectivity index (χ1n) is 6.21. The lowest BCUT2D eigenvalue weighted by Crippen LogP contribution is -2.32. The average Bonchev–Trinajstić information content (AvgIpc) is 2.37. The molecule has 0 spiro atoms. The highest BCUT2D eigenvalue weighted by Gasteiger charge is 2.29. The summed E-state index contributed by atoms with van der Waals surface area (Å²) in [6, 6.07) is 0. The quantitative estimate of drug-likeness (QED) is 0.286. The van der Waals surface area contributed by atoms with Gasteiger partial charge >= 0.3 is 0 Å². The van der Waals surface area contributed by atoms with Gasteiger partial charge in [-0.05, 0) is 19.4 Å². The molecule has 0 aromatic rings. The normalized spacial score (nSPS) is 12.8. The SMILES string of the molecule is C#CCOCCOCCCC(=O)C(CCN)S(=O)(=O)O. The molecule has 0 saturated heterocycles. The number of ether oxygens (including phenoxy) is 2. The fourth-order valence-corrected chi connectivity index (χ4v) is 2.37. The highest BCUT2D eigenvalue weighted by molar-refractivity contribution is 7.87. The Labute approximate surface area is 119 Å².